The van der Waals surface area contributed by atoms with E-state index >= 15 is 0 Å². The molecule has 0 radical (unpaired) electrons. The van der Waals surface area contributed by atoms with Crippen molar-refractivity contribution in [1.82, 2.24) is 14.4 Å². The molecule has 0 bridgehead atoms. The van der Waals surface area contributed by atoms with Gasteiger partial charge in [-0.25, -0.2) is 9.59 Å². The van der Waals surface area contributed by atoms with Crippen LogP contribution in [0.4, 0.5) is 4.79 Å². The Morgan fingerprint density at radius 2 is 1.79 bits per heavy atom. The predicted octanol–water partition coefficient (Wildman–Crippen LogP) is 4.70. The molecule has 9 nitrogen and oxygen atoms in total. The number of esters is 1. The van der Waals surface area contributed by atoms with Gasteiger partial charge in [0.25, 0.3) is 5.56 Å². The Hall–Kier alpha value is -3.69. The average Bonchev–Trinajstić information content (AvgIpc) is 3.41. The van der Waals surface area contributed by atoms with Gasteiger partial charge in [0, 0.05) is 30.3 Å². The minimum Gasteiger partial charge on any atom is -0.458 e. The minimum atomic E-state index is -1.84. The minimum absolute atomic E-state index is 0.116. The molecule has 1 amide bonds. The van der Waals surface area contributed by atoms with Crippen LogP contribution in [-0.2, 0) is 34.7 Å². The molecule has 43 heavy (non-hydrogen) atoms. The third kappa shape index (κ3) is 4.55. The molecule has 0 unspecified atom stereocenters. The summed E-state index contributed by atoms with van der Waals surface area (Å²) in [5.74, 6) is -0.205. The lowest BCUT2D eigenvalue weighted by molar-refractivity contribution is -0.172. The van der Waals surface area contributed by atoms with Gasteiger partial charge in [-0.05, 0) is 97.8 Å². The van der Waals surface area contributed by atoms with Crippen molar-refractivity contribution in [2.24, 2.45) is 0 Å². The number of rotatable bonds is 4. The van der Waals surface area contributed by atoms with Gasteiger partial charge in [0.15, 0.2) is 5.60 Å². The Bertz CT molecular complexity index is 1680. The largest absolute Gasteiger partial charge is 0.458 e. The molecule has 1 N–H and O–H groups in total. The van der Waals surface area contributed by atoms with Gasteiger partial charge in [-0.2, -0.15) is 0 Å². The molecule has 7 rings (SSSR count). The van der Waals surface area contributed by atoms with Crippen LogP contribution in [0.5, 0.6) is 5.75 Å². The van der Waals surface area contributed by atoms with E-state index in [4.69, 9.17) is 9.47 Å². The highest BCUT2D eigenvalue weighted by Crippen LogP contribution is 2.42. The maximum atomic E-state index is 13.6. The number of likely N-dealkylation sites (tertiary alicyclic amines) is 2. The van der Waals surface area contributed by atoms with Crippen LogP contribution in [0.25, 0.3) is 22.0 Å². The third-order valence-electron chi connectivity index (χ3n) is 10.2. The number of amides is 1. The maximum Gasteiger partial charge on any atom is 0.415 e. The van der Waals surface area contributed by atoms with Crippen LogP contribution in [0, 0.1) is 0 Å². The molecule has 0 spiro atoms. The molecule has 3 aromatic rings. The van der Waals surface area contributed by atoms with Crippen LogP contribution in [-0.4, -0.2) is 63.8 Å². The smallest absolute Gasteiger partial charge is 0.415 e. The van der Waals surface area contributed by atoms with Crippen molar-refractivity contribution < 1.29 is 24.2 Å². The van der Waals surface area contributed by atoms with E-state index in [2.05, 4.69) is 17.9 Å². The predicted molar refractivity (Wildman–Crippen MR) is 162 cm³/mol. The Morgan fingerprint density at radius 1 is 1.02 bits per heavy atom. The van der Waals surface area contributed by atoms with Crippen molar-refractivity contribution in [2.45, 2.75) is 83.6 Å². The number of benzene rings is 2. The fourth-order valence-electron chi connectivity index (χ4n) is 7.67. The van der Waals surface area contributed by atoms with Crippen molar-refractivity contribution in [2.75, 3.05) is 26.2 Å². The lowest BCUT2D eigenvalue weighted by atomic mass is 9.85. The first-order valence-electron chi connectivity index (χ1n) is 15.8. The van der Waals surface area contributed by atoms with Crippen molar-refractivity contribution in [3.63, 3.8) is 0 Å². The van der Waals surface area contributed by atoms with Gasteiger partial charge in [-0.3, -0.25) is 4.79 Å². The van der Waals surface area contributed by atoms with Crippen LogP contribution in [0.2, 0.25) is 0 Å². The normalized spacial score (nSPS) is 22.2. The molecule has 4 aliphatic rings. The fourth-order valence-corrected chi connectivity index (χ4v) is 7.67. The number of hydrogen-bond acceptors (Lipinski definition) is 7. The van der Waals surface area contributed by atoms with Crippen molar-refractivity contribution in [3.8, 4) is 17.0 Å². The highest BCUT2D eigenvalue weighted by molar-refractivity contribution is 5.94. The summed E-state index contributed by atoms with van der Waals surface area (Å²) in [5, 5.41) is 13.1. The molecule has 4 aliphatic heterocycles. The topological polar surface area (TPSA) is 101 Å². The van der Waals surface area contributed by atoms with E-state index in [1.807, 2.05) is 23.1 Å². The lowest BCUT2D eigenvalue weighted by Gasteiger charge is -2.39. The second-order valence-corrected chi connectivity index (χ2v) is 12.4. The number of carbonyl (C=O) groups excluding carboxylic acids is 2. The first-order chi connectivity index (χ1) is 20.8. The van der Waals surface area contributed by atoms with E-state index in [0.29, 0.717) is 48.2 Å². The first-order valence-corrected chi connectivity index (χ1v) is 15.8. The number of carbonyl (C=O) groups is 2. The summed E-state index contributed by atoms with van der Waals surface area (Å²) in [4.78, 5) is 43.7. The monoisotopic (exact) mass is 585 g/mol. The molecule has 2 aromatic carbocycles. The lowest BCUT2D eigenvalue weighted by Crippen LogP contribution is -2.48. The van der Waals surface area contributed by atoms with Crippen molar-refractivity contribution in [1.29, 1.82) is 0 Å². The number of cyclic esters (lactones) is 1. The Kier molecular flexibility index (Phi) is 7.05. The number of aliphatic hydroxyl groups is 1. The molecule has 2 saturated heterocycles. The zero-order chi connectivity index (χ0) is 29.9. The number of pyridine rings is 1. The quantitative estimate of drug-likeness (QED) is 0.347. The molecular formula is C34H39N3O6. The Balaban J connectivity index is 1.16. The summed E-state index contributed by atoms with van der Waals surface area (Å²) < 4.78 is 12.8. The van der Waals surface area contributed by atoms with Gasteiger partial charge in [-0.15, -0.1) is 0 Å². The average molecular weight is 586 g/mol. The van der Waals surface area contributed by atoms with Crippen LogP contribution >= 0.6 is 0 Å². The zero-order valence-corrected chi connectivity index (χ0v) is 25.0. The summed E-state index contributed by atoms with van der Waals surface area (Å²) in [5.41, 5.74) is 2.33. The van der Waals surface area contributed by atoms with Crippen molar-refractivity contribution >= 4 is 22.8 Å². The number of aryl methyl sites for hydroxylation is 1. The van der Waals surface area contributed by atoms with E-state index in [0.717, 1.165) is 46.7 Å². The summed E-state index contributed by atoms with van der Waals surface area (Å²) in [6.45, 7) is 7.81. The summed E-state index contributed by atoms with van der Waals surface area (Å²) in [7, 11) is 0. The van der Waals surface area contributed by atoms with E-state index in [9.17, 15) is 19.5 Å². The number of piperidine rings is 2. The van der Waals surface area contributed by atoms with Crippen LogP contribution in [0.3, 0.4) is 0 Å². The third-order valence-corrected chi connectivity index (χ3v) is 10.2. The summed E-state index contributed by atoms with van der Waals surface area (Å²) in [6, 6.07) is 10.1. The summed E-state index contributed by atoms with van der Waals surface area (Å²) in [6.07, 6.45) is 6.38. The van der Waals surface area contributed by atoms with E-state index in [1.54, 1.807) is 17.6 Å². The first kappa shape index (κ1) is 28.1. The molecular weight excluding hydrogens is 546 g/mol. The van der Waals surface area contributed by atoms with Gasteiger partial charge in [0.2, 0.25) is 0 Å². The summed E-state index contributed by atoms with van der Waals surface area (Å²) >= 11 is 0. The zero-order valence-electron chi connectivity index (χ0n) is 25.0. The molecule has 0 saturated carbocycles. The molecule has 5 heterocycles. The SMILES string of the molecule is CCc1c2c(cc3ccc(OC(=O)N4CCC(N5CCCCC5)CC4)cc13)-c1cc3c(c(=O)n1C2)COC(=O)[C@]3(O)CC. The second kappa shape index (κ2) is 10.8. The molecule has 1 aromatic heterocycles. The molecule has 9 heteroatoms. The number of aromatic nitrogens is 1. The van der Waals surface area contributed by atoms with Crippen LogP contribution in [0.15, 0.2) is 35.1 Å². The highest BCUT2D eigenvalue weighted by Gasteiger charge is 2.45. The van der Waals surface area contributed by atoms with Gasteiger partial charge in [0.1, 0.15) is 12.4 Å². The van der Waals surface area contributed by atoms with E-state index < -0.39 is 11.6 Å². The molecule has 226 valence electrons. The molecule has 1 atom stereocenters. The number of hydrogen-bond donors (Lipinski definition) is 1. The van der Waals surface area contributed by atoms with Crippen molar-refractivity contribution in [3.05, 3.63) is 62.9 Å². The number of ether oxygens (including phenoxy) is 2. The van der Waals surface area contributed by atoms with Gasteiger partial charge >= 0.3 is 12.1 Å². The second-order valence-electron chi connectivity index (χ2n) is 12.4. The van der Waals surface area contributed by atoms with Gasteiger partial charge < -0.3 is 28.9 Å². The van der Waals surface area contributed by atoms with Gasteiger partial charge in [-0.1, -0.05) is 26.3 Å². The Labute approximate surface area is 251 Å². The Morgan fingerprint density at radius 3 is 2.51 bits per heavy atom. The van der Waals surface area contributed by atoms with E-state index in [-0.39, 0.29) is 24.7 Å². The number of nitrogens with zero attached hydrogens (tertiary/aromatic N) is 3. The van der Waals surface area contributed by atoms with E-state index in [1.165, 1.54) is 32.4 Å². The fraction of sp³-hybridized carbons (Fsp3) is 0.500. The highest BCUT2D eigenvalue weighted by atomic mass is 16.6. The standard InChI is InChI=1S/C34H39N3O6/c1-3-24-25-17-23(43-33(40)36-14-10-22(11-15-36)35-12-6-5-7-13-35)9-8-21(25)16-26-27(24)19-37-30(26)18-29-28(31(37)38)20-42-32(39)34(29,41)4-2/h8-9,16-18,22,41H,3-7,10-15,19-20H2,1-2H3/t34-/m0/s1. The maximum absolute atomic E-state index is 13.6. The molecule has 0 aliphatic carbocycles. The molecule has 2 fully saturated rings. The van der Waals surface area contributed by atoms with Gasteiger partial charge in [0.05, 0.1) is 17.8 Å². The number of fused-ring (bicyclic) bond motifs is 5. The van der Waals surface area contributed by atoms with Crippen LogP contribution in [0.1, 0.15) is 74.6 Å². The van der Waals surface area contributed by atoms with Crippen LogP contribution < -0.4 is 10.3 Å².